The van der Waals surface area contributed by atoms with Crippen molar-refractivity contribution in [2.24, 2.45) is 0 Å². The lowest BCUT2D eigenvalue weighted by Crippen LogP contribution is -2.46. The van der Waals surface area contributed by atoms with Gasteiger partial charge in [0.15, 0.2) is 0 Å². The van der Waals surface area contributed by atoms with E-state index >= 15 is 0 Å². The minimum atomic E-state index is -0.513. The van der Waals surface area contributed by atoms with Crippen LogP contribution in [0.4, 0.5) is 5.82 Å². The molecule has 1 fully saturated rings. The van der Waals surface area contributed by atoms with E-state index in [0.29, 0.717) is 18.2 Å². The van der Waals surface area contributed by atoms with Gasteiger partial charge >= 0.3 is 5.97 Å². The van der Waals surface area contributed by atoms with Crippen LogP contribution in [0.15, 0.2) is 30.6 Å². The molecule has 0 bridgehead atoms. The third-order valence-corrected chi connectivity index (χ3v) is 5.67. The van der Waals surface area contributed by atoms with Gasteiger partial charge in [0.1, 0.15) is 11.4 Å². The van der Waals surface area contributed by atoms with Gasteiger partial charge in [-0.2, -0.15) is 0 Å². The summed E-state index contributed by atoms with van der Waals surface area (Å²) in [6.45, 7) is 9.16. The van der Waals surface area contributed by atoms with Crippen LogP contribution >= 0.6 is 0 Å². The molecule has 0 radical (unpaired) electrons. The average Bonchev–Trinajstić information content (AvgIpc) is 2.74. The Labute approximate surface area is 172 Å². The third kappa shape index (κ3) is 4.41. The molecule has 1 aliphatic rings. The number of aromatic nitrogens is 2. The molecule has 2 N–H and O–H groups in total. The number of methoxy groups -OCH3 is 1. The van der Waals surface area contributed by atoms with Gasteiger partial charge in [0.05, 0.1) is 18.4 Å². The van der Waals surface area contributed by atoms with Crippen molar-refractivity contribution in [2.45, 2.75) is 45.3 Å². The van der Waals surface area contributed by atoms with Crippen LogP contribution in [0.1, 0.15) is 49.5 Å². The summed E-state index contributed by atoms with van der Waals surface area (Å²) in [5.74, 6) is -0.370. The molecule has 0 amide bonds. The third-order valence-electron chi connectivity index (χ3n) is 5.67. The number of carbonyl (C=O) groups is 1. The summed E-state index contributed by atoms with van der Waals surface area (Å²) in [4.78, 5) is 23.1. The Bertz CT molecular complexity index is 844. The molecule has 3 heterocycles. The Balaban J connectivity index is 1.86. The van der Waals surface area contributed by atoms with E-state index in [0.717, 1.165) is 37.2 Å². The summed E-state index contributed by atoms with van der Waals surface area (Å²) in [5, 5.41) is 0. The first-order valence-electron chi connectivity index (χ1n) is 10.1. The molecular weight excluding hydrogens is 368 g/mol. The summed E-state index contributed by atoms with van der Waals surface area (Å²) in [6.07, 6.45) is 5.37. The smallest absolute Gasteiger partial charge is 0.341 e. The second-order valence-corrected chi connectivity index (χ2v) is 7.64. The van der Waals surface area contributed by atoms with Gasteiger partial charge in [-0.15, -0.1) is 0 Å². The highest BCUT2D eigenvalue weighted by Crippen LogP contribution is 2.37. The molecule has 1 aliphatic heterocycles. The van der Waals surface area contributed by atoms with Gasteiger partial charge in [0.2, 0.25) is 0 Å². The van der Waals surface area contributed by atoms with Gasteiger partial charge in [-0.1, -0.05) is 6.07 Å². The van der Waals surface area contributed by atoms with Crippen molar-refractivity contribution in [1.29, 1.82) is 0 Å². The van der Waals surface area contributed by atoms with E-state index in [2.05, 4.69) is 34.8 Å². The summed E-state index contributed by atoms with van der Waals surface area (Å²) >= 11 is 0. The molecular formula is C22H30N4O3. The highest BCUT2D eigenvalue weighted by Gasteiger charge is 2.37. The topological polar surface area (TPSA) is 90.6 Å². The van der Waals surface area contributed by atoms with Gasteiger partial charge in [0.25, 0.3) is 0 Å². The van der Waals surface area contributed by atoms with Crippen molar-refractivity contribution in [3.63, 3.8) is 0 Å². The molecule has 2 aromatic heterocycles. The maximum absolute atomic E-state index is 11.9. The summed E-state index contributed by atoms with van der Waals surface area (Å²) < 4.78 is 11.0. The van der Waals surface area contributed by atoms with E-state index in [1.54, 1.807) is 12.3 Å². The van der Waals surface area contributed by atoms with Crippen molar-refractivity contribution in [3.8, 4) is 11.3 Å². The normalized spacial score (nSPS) is 16.7. The molecule has 0 aliphatic carbocycles. The number of carbonyl (C=O) groups excluding carboxylic acids is 1. The fraction of sp³-hybridized carbons (Fsp3) is 0.500. The number of nitrogen functional groups attached to an aromatic ring is 1. The zero-order chi connectivity index (χ0) is 21.0. The lowest BCUT2D eigenvalue weighted by molar-refractivity contribution is -0.0888. The number of pyridine rings is 2. The lowest BCUT2D eigenvalue weighted by atomic mass is 9.84. The molecule has 0 aromatic carbocycles. The highest BCUT2D eigenvalue weighted by molar-refractivity contribution is 5.95. The first kappa shape index (κ1) is 21.2. The number of likely N-dealkylation sites (tertiary alicyclic amines) is 1. The predicted molar refractivity (Wildman–Crippen MR) is 112 cm³/mol. The van der Waals surface area contributed by atoms with Crippen LogP contribution in [0.2, 0.25) is 0 Å². The van der Waals surface area contributed by atoms with Crippen LogP contribution in [0.3, 0.4) is 0 Å². The zero-order valence-electron chi connectivity index (χ0n) is 17.6. The van der Waals surface area contributed by atoms with Crippen molar-refractivity contribution in [2.75, 3.05) is 32.5 Å². The summed E-state index contributed by atoms with van der Waals surface area (Å²) in [6, 6.07) is 6.21. The van der Waals surface area contributed by atoms with Crippen molar-refractivity contribution in [1.82, 2.24) is 14.9 Å². The number of rotatable bonds is 6. The fourth-order valence-corrected chi connectivity index (χ4v) is 3.92. The molecule has 0 spiro atoms. The van der Waals surface area contributed by atoms with Crippen LogP contribution in [0.5, 0.6) is 0 Å². The number of esters is 1. The Kier molecular flexibility index (Phi) is 6.49. The van der Waals surface area contributed by atoms with Gasteiger partial charge in [-0.25, -0.2) is 9.78 Å². The van der Waals surface area contributed by atoms with E-state index in [1.807, 2.05) is 19.2 Å². The molecule has 3 rings (SSSR count). The number of nitrogens with two attached hydrogens (primary N) is 1. The fourth-order valence-electron chi connectivity index (χ4n) is 3.92. The summed E-state index contributed by atoms with van der Waals surface area (Å²) in [7, 11) is 1.32. The number of hydrogen-bond donors (Lipinski definition) is 1. The van der Waals surface area contributed by atoms with Crippen LogP contribution in [0.25, 0.3) is 11.3 Å². The predicted octanol–water partition coefficient (Wildman–Crippen LogP) is 3.25. The molecule has 1 saturated heterocycles. The maximum Gasteiger partial charge on any atom is 0.341 e. The van der Waals surface area contributed by atoms with Gasteiger partial charge in [-0.05, 0) is 45.7 Å². The Morgan fingerprint density at radius 1 is 1.24 bits per heavy atom. The molecule has 7 nitrogen and oxygen atoms in total. The monoisotopic (exact) mass is 398 g/mol. The van der Waals surface area contributed by atoms with Gasteiger partial charge < -0.3 is 20.1 Å². The number of piperidine rings is 1. The van der Waals surface area contributed by atoms with Crippen molar-refractivity contribution < 1.29 is 14.3 Å². The van der Waals surface area contributed by atoms with E-state index in [-0.39, 0.29) is 17.0 Å². The largest absolute Gasteiger partial charge is 0.465 e. The average molecular weight is 399 g/mol. The minimum Gasteiger partial charge on any atom is -0.465 e. The van der Waals surface area contributed by atoms with Crippen LogP contribution in [0, 0.1) is 0 Å². The first-order valence-corrected chi connectivity index (χ1v) is 10.1. The Morgan fingerprint density at radius 2 is 1.97 bits per heavy atom. The van der Waals surface area contributed by atoms with Gasteiger partial charge in [-0.3, -0.25) is 4.98 Å². The molecule has 156 valence electrons. The number of nitrogens with zero attached hydrogens (tertiary/aromatic N) is 3. The van der Waals surface area contributed by atoms with E-state index in [1.165, 1.54) is 7.11 Å². The van der Waals surface area contributed by atoms with E-state index < -0.39 is 5.97 Å². The van der Waals surface area contributed by atoms with Crippen molar-refractivity contribution in [3.05, 3.63) is 41.7 Å². The number of hydrogen-bond acceptors (Lipinski definition) is 7. The Hall–Kier alpha value is -2.51. The van der Waals surface area contributed by atoms with Crippen LogP contribution < -0.4 is 5.73 Å². The molecule has 0 unspecified atom stereocenters. The van der Waals surface area contributed by atoms with Crippen LogP contribution in [-0.4, -0.2) is 53.7 Å². The Morgan fingerprint density at radius 3 is 2.52 bits per heavy atom. The minimum absolute atomic E-state index is 0.143. The van der Waals surface area contributed by atoms with Crippen LogP contribution in [-0.2, 0) is 15.1 Å². The summed E-state index contributed by atoms with van der Waals surface area (Å²) in [5.41, 5.74) is 8.25. The molecule has 7 heteroatoms. The zero-order valence-corrected chi connectivity index (χ0v) is 17.6. The maximum atomic E-state index is 11.9. The molecule has 29 heavy (non-hydrogen) atoms. The standard InChI is InChI=1S/C22H30N4O3/c1-5-29-22(8-10-26(11-9-22)15(2)3)17-6-7-19(24-14-17)16-12-18(21(27)28-4)20(23)25-13-16/h6-7,12-15H,5,8-11H2,1-4H3,(H2,23,25). The van der Waals surface area contributed by atoms with Gasteiger partial charge in [0, 0.05) is 49.3 Å². The van der Waals surface area contributed by atoms with E-state index in [9.17, 15) is 4.79 Å². The second kappa shape index (κ2) is 8.88. The quantitative estimate of drug-likeness (QED) is 0.747. The number of anilines is 1. The highest BCUT2D eigenvalue weighted by atomic mass is 16.5. The second-order valence-electron chi connectivity index (χ2n) is 7.64. The van der Waals surface area contributed by atoms with Crippen molar-refractivity contribution >= 4 is 11.8 Å². The molecule has 0 atom stereocenters. The first-order chi connectivity index (χ1) is 13.9. The SMILES string of the molecule is CCOC1(c2ccc(-c3cnc(N)c(C(=O)OC)c3)nc2)CCN(C(C)C)CC1. The van der Waals surface area contributed by atoms with E-state index in [4.69, 9.17) is 15.2 Å². The lowest BCUT2D eigenvalue weighted by Gasteiger charge is -2.43. The molecule has 0 saturated carbocycles. The number of ether oxygens (including phenoxy) is 2. The molecule has 2 aromatic rings.